The third-order valence-corrected chi connectivity index (χ3v) is 2.76. The van der Waals surface area contributed by atoms with Crippen LogP contribution < -0.4 is 5.73 Å². The van der Waals surface area contributed by atoms with Crippen LogP contribution in [0, 0.1) is 0 Å². The number of allylic oxidation sites excluding steroid dienone is 2. The van der Waals surface area contributed by atoms with Gasteiger partial charge in [0.25, 0.3) is 11.8 Å². The number of fused-ring (bicyclic) bond motifs is 1. The van der Waals surface area contributed by atoms with E-state index in [4.69, 9.17) is 5.73 Å². The highest BCUT2D eigenvalue weighted by atomic mass is 16.1. The standard InChI is InChI=1S/C13H8N4O2/c14-12(18)11-8(2-1-4-15-11)9-6-7-3-5-16-13(19)10(7)17-9/h1-6H,(H2,14,18). The van der Waals surface area contributed by atoms with Gasteiger partial charge in [0.2, 0.25) is 0 Å². The van der Waals surface area contributed by atoms with Crippen molar-refractivity contribution in [1.82, 2.24) is 4.98 Å². The number of primary amides is 1. The van der Waals surface area contributed by atoms with Crippen LogP contribution in [0.2, 0.25) is 0 Å². The summed E-state index contributed by atoms with van der Waals surface area (Å²) in [7, 11) is 0. The minimum absolute atomic E-state index is 0.130. The Labute approximate surface area is 108 Å². The van der Waals surface area contributed by atoms with Crippen LogP contribution in [-0.2, 0) is 4.79 Å². The maximum absolute atomic E-state index is 11.6. The molecule has 19 heavy (non-hydrogen) atoms. The average molecular weight is 252 g/mol. The van der Waals surface area contributed by atoms with Crippen LogP contribution in [0.1, 0.15) is 16.1 Å². The molecule has 2 aliphatic rings. The molecular weight excluding hydrogens is 244 g/mol. The van der Waals surface area contributed by atoms with E-state index in [0.717, 1.165) is 0 Å². The summed E-state index contributed by atoms with van der Waals surface area (Å²) in [6, 6.07) is 3.36. The predicted octanol–water partition coefficient (Wildman–Crippen LogP) is 0.513. The lowest BCUT2D eigenvalue weighted by Crippen LogP contribution is -2.15. The Morgan fingerprint density at radius 2 is 2.16 bits per heavy atom. The van der Waals surface area contributed by atoms with Gasteiger partial charge in [0, 0.05) is 23.5 Å². The number of hydrogen-bond donors (Lipinski definition) is 1. The largest absolute Gasteiger partial charge is 0.364 e. The first-order valence-corrected chi connectivity index (χ1v) is 5.51. The Kier molecular flexibility index (Phi) is 2.42. The van der Waals surface area contributed by atoms with Gasteiger partial charge in [0.05, 0.1) is 5.70 Å². The Bertz CT molecular complexity index is 726. The molecule has 1 aromatic rings. The van der Waals surface area contributed by atoms with E-state index in [9.17, 15) is 9.59 Å². The molecule has 2 aliphatic heterocycles. The van der Waals surface area contributed by atoms with Gasteiger partial charge in [-0.3, -0.25) is 14.6 Å². The Morgan fingerprint density at radius 3 is 2.89 bits per heavy atom. The molecule has 2 N–H and O–H groups in total. The number of carbonyl (C=O) groups is 2. The summed E-state index contributed by atoms with van der Waals surface area (Å²) in [5.74, 6) is -1.03. The predicted molar refractivity (Wildman–Crippen MR) is 69.7 cm³/mol. The van der Waals surface area contributed by atoms with E-state index < -0.39 is 11.8 Å². The molecule has 0 unspecified atom stereocenters. The SMILES string of the molecule is NC(=O)c1ncccc1C1=CC2=CC=NC(=O)C2=N1. The van der Waals surface area contributed by atoms with Crippen molar-refractivity contribution in [1.29, 1.82) is 0 Å². The van der Waals surface area contributed by atoms with Crippen LogP contribution in [-0.4, -0.2) is 28.7 Å². The van der Waals surface area contributed by atoms with Gasteiger partial charge in [0.15, 0.2) is 0 Å². The molecule has 0 aliphatic carbocycles. The molecule has 3 heterocycles. The lowest BCUT2D eigenvalue weighted by molar-refractivity contribution is -0.111. The maximum atomic E-state index is 11.6. The maximum Gasteiger partial charge on any atom is 0.296 e. The van der Waals surface area contributed by atoms with E-state index in [2.05, 4.69) is 15.0 Å². The number of hydrogen-bond acceptors (Lipinski definition) is 4. The number of carbonyl (C=O) groups excluding carboxylic acids is 2. The summed E-state index contributed by atoms with van der Waals surface area (Å²) < 4.78 is 0. The molecule has 2 amide bonds. The fourth-order valence-corrected chi connectivity index (χ4v) is 1.92. The number of nitrogens with two attached hydrogens (primary N) is 1. The van der Waals surface area contributed by atoms with Crippen LogP contribution >= 0.6 is 0 Å². The smallest absolute Gasteiger partial charge is 0.296 e. The molecule has 6 nitrogen and oxygen atoms in total. The molecule has 3 rings (SSSR count). The monoisotopic (exact) mass is 252 g/mol. The van der Waals surface area contributed by atoms with Crippen molar-refractivity contribution in [3.8, 4) is 0 Å². The molecule has 0 saturated carbocycles. The minimum atomic E-state index is -0.636. The van der Waals surface area contributed by atoms with Crippen LogP contribution in [0.5, 0.6) is 0 Å². The topological polar surface area (TPSA) is 97.8 Å². The molecule has 0 spiro atoms. The number of rotatable bonds is 2. The van der Waals surface area contributed by atoms with E-state index >= 15 is 0 Å². The first-order valence-electron chi connectivity index (χ1n) is 5.51. The van der Waals surface area contributed by atoms with Crippen molar-refractivity contribution >= 4 is 29.4 Å². The van der Waals surface area contributed by atoms with Crippen LogP contribution in [0.15, 0.2) is 46.0 Å². The average Bonchev–Trinajstić information content (AvgIpc) is 2.84. The first kappa shape index (κ1) is 11.2. The van der Waals surface area contributed by atoms with E-state index in [1.165, 1.54) is 12.4 Å². The summed E-state index contributed by atoms with van der Waals surface area (Å²) in [4.78, 5) is 34.7. The minimum Gasteiger partial charge on any atom is -0.364 e. The zero-order chi connectivity index (χ0) is 13.4. The van der Waals surface area contributed by atoms with E-state index in [-0.39, 0.29) is 11.4 Å². The van der Waals surface area contributed by atoms with E-state index in [0.29, 0.717) is 16.8 Å². The highest BCUT2D eigenvalue weighted by molar-refractivity contribution is 6.51. The lowest BCUT2D eigenvalue weighted by Gasteiger charge is -2.03. The van der Waals surface area contributed by atoms with Crippen molar-refractivity contribution < 1.29 is 9.59 Å². The van der Waals surface area contributed by atoms with Gasteiger partial charge in [0.1, 0.15) is 11.4 Å². The van der Waals surface area contributed by atoms with Crippen molar-refractivity contribution in [2.75, 3.05) is 0 Å². The zero-order valence-electron chi connectivity index (χ0n) is 9.70. The lowest BCUT2D eigenvalue weighted by atomic mass is 10.1. The van der Waals surface area contributed by atoms with Gasteiger partial charge in [-0.25, -0.2) is 9.98 Å². The fraction of sp³-hybridized carbons (Fsp3) is 0. The molecule has 0 atom stereocenters. The zero-order valence-corrected chi connectivity index (χ0v) is 9.70. The van der Waals surface area contributed by atoms with Crippen LogP contribution in [0.25, 0.3) is 5.70 Å². The molecule has 92 valence electrons. The van der Waals surface area contributed by atoms with Gasteiger partial charge < -0.3 is 5.73 Å². The van der Waals surface area contributed by atoms with Crippen molar-refractivity contribution in [3.63, 3.8) is 0 Å². The van der Waals surface area contributed by atoms with Gasteiger partial charge in [-0.2, -0.15) is 0 Å². The number of dihydropyridines is 1. The number of aromatic nitrogens is 1. The van der Waals surface area contributed by atoms with Crippen LogP contribution in [0.4, 0.5) is 0 Å². The molecular formula is C13H8N4O2. The molecule has 0 radical (unpaired) electrons. The molecule has 0 saturated heterocycles. The van der Waals surface area contributed by atoms with Gasteiger partial charge in [-0.1, -0.05) is 0 Å². The second-order valence-electron chi connectivity index (χ2n) is 3.96. The molecule has 0 fully saturated rings. The third kappa shape index (κ3) is 1.79. The van der Waals surface area contributed by atoms with Gasteiger partial charge >= 0.3 is 0 Å². The molecule has 0 bridgehead atoms. The summed E-state index contributed by atoms with van der Waals surface area (Å²) in [5, 5.41) is 0. The van der Waals surface area contributed by atoms with Crippen LogP contribution in [0.3, 0.4) is 0 Å². The second-order valence-corrected chi connectivity index (χ2v) is 3.96. The Balaban J connectivity index is 2.12. The molecule has 6 heteroatoms. The van der Waals surface area contributed by atoms with Gasteiger partial charge in [-0.15, -0.1) is 0 Å². The number of nitrogens with zero attached hydrogens (tertiary/aromatic N) is 3. The normalized spacial score (nSPS) is 16.6. The number of amides is 2. The summed E-state index contributed by atoms with van der Waals surface area (Å²) in [5.41, 5.74) is 7.35. The van der Waals surface area contributed by atoms with Crippen molar-refractivity contribution in [2.45, 2.75) is 0 Å². The molecule has 1 aromatic heterocycles. The summed E-state index contributed by atoms with van der Waals surface area (Å²) in [6.45, 7) is 0. The third-order valence-electron chi connectivity index (χ3n) is 2.76. The highest BCUT2D eigenvalue weighted by Crippen LogP contribution is 2.28. The number of aliphatic imine (C=N–C) groups is 2. The summed E-state index contributed by atoms with van der Waals surface area (Å²) >= 11 is 0. The molecule has 0 aromatic carbocycles. The second kappa shape index (κ2) is 4.09. The fourth-order valence-electron chi connectivity index (χ4n) is 1.92. The quantitative estimate of drug-likeness (QED) is 0.830. The van der Waals surface area contributed by atoms with Gasteiger partial charge in [-0.05, 0) is 24.3 Å². The van der Waals surface area contributed by atoms with E-state index in [1.54, 1.807) is 24.3 Å². The summed E-state index contributed by atoms with van der Waals surface area (Å²) in [6.07, 6.45) is 6.30. The van der Waals surface area contributed by atoms with E-state index in [1.807, 2.05) is 0 Å². The number of pyridine rings is 1. The Morgan fingerprint density at radius 1 is 1.32 bits per heavy atom. The Hall–Kier alpha value is -2.89. The van der Waals surface area contributed by atoms with Crippen molar-refractivity contribution in [2.24, 2.45) is 15.7 Å². The first-order chi connectivity index (χ1) is 9.16. The highest BCUT2D eigenvalue weighted by Gasteiger charge is 2.25. The van der Waals surface area contributed by atoms with Crippen molar-refractivity contribution in [3.05, 3.63) is 47.3 Å².